The maximum Gasteiger partial charge on any atom is 0.292 e. The van der Waals surface area contributed by atoms with Crippen LogP contribution >= 0.6 is 11.6 Å². The van der Waals surface area contributed by atoms with Gasteiger partial charge in [0.2, 0.25) is 0 Å². The fraction of sp³-hybridized carbons (Fsp3) is 0.200. The van der Waals surface area contributed by atoms with E-state index in [0.29, 0.717) is 17.9 Å². The summed E-state index contributed by atoms with van der Waals surface area (Å²) in [5.41, 5.74) is 2.49. The van der Waals surface area contributed by atoms with Gasteiger partial charge < -0.3 is 9.80 Å². The van der Waals surface area contributed by atoms with Crippen molar-refractivity contribution in [2.24, 2.45) is 0 Å². The third-order valence-electron chi connectivity index (χ3n) is 4.46. The molecule has 0 saturated carbocycles. The average Bonchev–Trinajstić information content (AvgIpc) is 2.70. The molecule has 1 aromatic heterocycles. The molecule has 9 heteroatoms. The molecule has 0 unspecified atom stereocenters. The first-order chi connectivity index (χ1) is 13.8. The van der Waals surface area contributed by atoms with Gasteiger partial charge in [-0.3, -0.25) is 14.9 Å². The smallest absolute Gasteiger partial charge is 0.292 e. The number of anilines is 2. The van der Waals surface area contributed by atoms with Crippen LogP contribution in [0.25, 0.3) is 5.69 Å². The number of nitro groups is 1. The Labute approximate surface area is 172 Å². The fourth-order valence-electron chi connectivity index (χ4n) is 2.88. The minimum atomic E-state index is -0.504. The Balaban J connectivity index is 1.88. The Morgan fingerprint density at radius 1 is 1.14 bits per heavy atom. The highest BCUT2D eigenvalue weighted by molar-refractivity contribution is 6.33. The van der Waals surface area contributed by atoms with E-state index in [4.69, 9.17) is 11.6 Å². The molecule has 2 aromatic carbocycles. The van der Waals surface area contributed by atoms with Crippen molar-refractivity contribution in [2.45, 2.75) is 6.54 Å². The minimum Gasteiger partial charge on any atom is -0.378 e. The molecule has 3 aromatic rings. The zero-order valence-corrected chi connectivity index (χ0v) is 17.0. The number of halogens is 1. The van der Waals surface area contributed by atoms with E-state index >= 15 is 0 Å². The van der Waals surface area contributed by atoms with Crippen molar-refractivity contribution in [3.8, 4) is 5.69 Å². The Kier molecular flexibility index (Phi) is 5.84. The summed E-state index contributed by atoms with van der Waals surface area (Å²) < 4.78 is 1.12. The van der Waals surface area contributed by atoms with E-state index in [1.807, 2.05) is 49.1 Å². The molecule has 0 N–H and O–H groups in total. The lowest BCUT2D eigenvalue weighted by Gasteiger charge is -2.21. The summed E-state index contributed by atoms with van der Waals surface area (Å²) in [5, 5.41) is 15.0. The largest absolute Gasteiger partial charge is 0.378 e. The molecule has 0 bridgehead atoms. The molecule has 0 aliphatic rings. The molecule has 8 nitrogen and oxygen atoms in total. The topological polar surface area (TPSA) is 84.5 Å². The number of nitro benzene ring substituents is 1. The number of benzene rings is 2. The monoisotopic (exact) mass is 413 g/mol. The van der Waals surface area contributed by atoms with E-state index in [1.165, 1.54) is 30.5 Å². The van der Waals surface area contributed by atoms with Gasteiger partial charge in [-0.05, 0) is 29.8 Å². The summed E-state index contributed by atoms with van der Waals surface area (Å²) in [4.78, 5) is 26.9. The molecular weight excluding hydrogens is 394 g/mol. The number of hydrogen-bond donors (Lipinski definition) is 0. The van der Waals surface area contributed by atoms with Crippen molar-refractivity contribution < 1.29 is 4.92 Å². The van der Waals surface area contributed by atoms with Gasteiger partial charge in [-0.25, -0.2) is 0 Å². The van der Waals surface area contributed by atoms with Gasteiger partial charge in [0.25, 0.3) is 11.2 Å². The maximum atomic E-state index is 12.7. The molecule has 0 aliphatic heterocycles. The van der Waals surface area contributed by atoms with E-state index < -0.39 is 10.5 Å². The van der Waals surface area contributed by atoms with Gasteiger partial charge in [0.15, 0.2) is 0 Å². The Bertz CT molecular complexity index is 1100. The maximum absolute atomic E-state index is 12.7. The molecule has 0 saturated heterocycles. The second-order valence-corrected chi connectivity index (χ2v) is 7.13. The predicted molar refractivity (Wildman–Crippen MR) is 114 cm³/mol. The molecule has 29 heavy (non-hydrogen) atoms. The van der Waals surface area contributed by atoms with Crippen LogP contribution in [0.4, 0.5) is 17.1 Å². The van der Waals surface area contributed by atoms with Crippen molar-refractivity contribution in [1.82, 2.24) is 9.78 Å². The lowest BCUT2D eigenvalue weighted by atomic mass is 10.2. The SMILES string of the molecule is CN(C)c1cccc(CN(C)c2cnn(-c3ccc([N+](=O)[O-])cc3)c(=O)c2Cl)c1. The minimum absolute atomic E-state index is 0.0321. The van der Waals surface area contributed by atoms with Gasteiger partial charge in [-0.1, -0.05) is 23.7 Å². The summed E-state index contributed by atoms with van der Waals surface area (Å²) in [5.74, 6) is 0. The van der Waals surface area contributed by atoms with Crippen molar-refractivity contribution in [2.75, 3.05) is 30.9 Å². The molecule has 0 aliphatic carbocycles. The van der Waals surface area contributed by atoms with Crippen molar-refractivity contribution >= 4 is 28.7 Å². The average molecular weight is 414 g/mol. The zero-order valence-electron chi connectivity index (χ0n) is 16.2. The van der Waals surface area contributed by atoms with E-state index in [9.17, 15) is 14.9 Å². The third kappa shape index (κ3) is 4.38. The number of rotatable bonds is 6. The molecule has 0 atom stereocenters. The fourth-order valence-corrected chi connectivity index (χ4v) is 3.15. The Morgan fingerprint density at radius 3 is 2.45 bits per heavy atom. The first-order valence-corrected chi connectivity index (χ1v) is 9.16. The second kappa shape index (κ2) is 8.32. The quantitative estimate of drug-likeness (QED) is 0.454. The van der Waals surface area contributed by atoms with Crippen LogP contribution in [0.2, 0.25) is 5.02 Å². The Hall–Kier alpha value is -3.39. The van der Waals surface area contributed by atoms with E-state index in [0.717, 1.165) is 15.9 Å². The number of nitrogens with zero attached hydrogens (tertiary/aromatic N) is 5. The first-order valence-electron chi connectivity index (χ1n) is 8.78. The van der Waals surface area contributed by atoms with Gasteiger partial charge in [0.1, 0.15) is 5.02 Å². The highest BCUT2D eigenvalue weighted by atomic mass is 35.5. The number of non-ortho nitro benzene ring substituents is 1. The molecule has 0 spiro atoms. The molecule has 0 amide bonds. The van der Waals surface area contributed by atoms with Crippen molar-refractivity contribution in [1.29, 1.82) is 0 Å². The summed E-state index contributed by atoms with van der Waals surface area (Å²) in [6.45, 7) is 0.546. The van der Waals surface area contributed by atoms with Gasteiger partial charge >= 0.3 is 0 Å². The van der Waals surface area contributed by atoms with E-state index in [2.05, 4.69) is 11.2 Å². The van der Waals surface area contributed by atoms with Crippen LogP contribution in [-0.2, 0) is 6.54 Å². The van der Waals surface area contributed by atoms with Crippen molar-refractivity contribution in [3.05, 3.63) is 85.8 Å². The van der Waals surface area contributed by atoms with Crippen LogP contribution in [0.3, 0.4) is 0 Å². The van der Waals surface area contributed by atoms with Crippen LogP contribution in [0, 0.1) is 10.1 Å². The summed E-state index contributed by atoms with van der Waals surface area (Å²) >= 11 is 6.34. The van der Waals surface area contributed by atoms with Gasteiger partial charge in [0, 0.05) is 45.5 Å². The van der Waals surface area contributed by atoms with Gasteiger partial charge in [0.05, 0.1) is 22.5 Å². The second-order valence-electron chi connectivity index (χ2n) is 6.75. The highest BCUT2D eigenvalue weighted by Gasteiger charge is 2.15. The van der Waals surface area contributed by atoms with Crippen LogP contribution in [-0.4, -0.2) is 35.8 Å². The summed E-state index contributed by atoms with van der Waals surface area (Å²) in [6.07, 6.45) is 1.51. The summed E-state index contributed by atoms with van der Waals surface area (Å²) in [6, 6.07) is 13.6. The molecule has 3 rings (SSSR count). The molecule has 1 heterocycles. The van der Waals surface area contributed by atoms with Crippen molar-refractivity contribution in [3.63, 3.8) is 0 Å². The van der Waals surface area contributed by atoms with Gasteiger partial charge in [-0.2, -0.15) is 9.78 Å². The predicted octanol–water partition coefficient (Wildman–Crippen LogP) is 3.50. The molecule has 0 radical (unpaired) electrons. The summed E-state index contributed by atoms with van der Waals surface area (Å²) in [7, 11) is 5.78. The van der Waals surface area contributed by atoms with Crippen LogP contribution < -0.4 is 15.4 Å². The van der Waals surface area contributed by atoms with E-state index in [-0.39, 0.29) is 10.7 Å². The Morgan fingerprint density at radius 2 is 1.83 bits per heavy atom. The third-order valence-corrected chi connectivity index (χ3v) is 4.82. The molecular formula is C20H20ClN5O3. The molecule has 150 valence electrons. The lowest BCUT2D eigenvalue weighted by molar-refractivity contribution is -0.384. The van der Waals surface area contributed by atoms with Crippen LogP contribution in [0.1, 0.15) is 5.56 Å². The zero-order chi connectivity index (χ0) is 21.1. The lowest BCUT2D eigenvalue weighted by Crippen LogP contribution is -2.26. The first kappa shape index (κ1) is 20.3. The highest BCUT2D eigenvalue weighted by Crippen LogP contribution is 2.24. The number of hydrogen-bond acceptors (Lipinski definition) is 6. The molecule has 0 fully saturated rings. The van der Waals surface area contributed by atoms with E-state index in [1.54, 1.807) is 0 Å². The van der Waals surface area contributed by atoms with Crippen LogP contribution in [0.15, 0.2) is 59.5 Å². The standard InChI is InChI=1S/C20H20ClN5O3/c1-23(2)17-6-4-5-14(11-17)13-24(3)18-12-22-25(20(27)19(18)21)15-7-9-16(10-8-15)26(28)29/h4-12H,13H2,1-3H3. The number of aromatic nitrogens is 2. The normalized spacial score (nSPS) is 10.6. The van der Waals surface area contributed by atoms with Crippen LogP contribution in [0.5, 0.6) is 0 Å². The van der Waals surface area contributed by atoms with Gasteiger partial charge in [-0.15, -0.1) is 0 Å².